The van der Waals surface area contributed by atoms with E-state index in [0.29, 0.717) is 6.42 Å². The first-order valence-electron chi connectivity index (χ1n) is 3.64. The molecule has 5 heteroatoms. The fraction of sp³-hybridized carbons (Fsp3) is 0.714. The first-order valence-corrected chi connectivity index (χ1v) is 3.64. The number of unbranched alkanes of at least 4 members (excludes halogenated alkanes) is 2. The fourth-order valence-electron chi connectivity index (χ4n) is 0.526. The molecule has 0 aliphatic rings. The van der Waals surface area contributed by atoms with E-state index in [-0.39, 0.29) is 0 Å². The smallest absolute Gasteiger partial charge is 0.481 e. The van der Waals surface area contributed by atoms with E-state index in [1.807, 2.05) is 0 Å². The second-order valence-corrected chi connectivity index (χ2v) is 2.13. The van der Waals surface area contributed by atoms with Gasteiger partial charge in [0.15, 0.2) is 0 Å². The van der Waals surface area contributed by atoms with Crippen LogP contribution in [0.15, 0.2) is 0 Å². The second-order valence-electron chi connectivity index (χ2n) is 2.13. The van der Waals surface area contributed by atoms with Crippen LogP contribution in [0.3, 0.4) is 0 Å². The van der Waals surface area contributed by atoms with Crippen LogP contribution in [-0.2, 0) is 4.79 Å². The number of hydrogen-bond donors (Lipinski definition) is 3. The Bertz CT molecular complexity index is 128. The lowest BCUT2D eigenvalue weighted by Gasteiger charge is -1.89. The maximum atomic E-state index is 9.87. The van der Waals surface area contributed by atoms with E-state index >= 15 is 0 Å². The quantitative estimate of drug-likeness (QED) is 0.571. The van der Waals surface area contributed by atoms with Crippen molar-refractivity contribution in [1.82, 2.24) is 0 Å². The zero-order valence-corrected chi connectivity index (χ0v) is 6.99. The number of carbonyl (C=O) groups is 2. The molecule has 0 rings (SSSR count). The third kappa shape index (κ3) is 37.4. The average Bonchev–Trinajstić information content (AvgIpc) is 1.86. The molecule has 0 saturated carbocycles. The van der Waals surface area contributed by atoms with Crippen LogP contribution < -0.4 is 0 Å². The van der Waals surface area contributed by atoms with Gasteiger partial charge in [0.2, 0.25) is 0 Å². The molecule has 0 saturated heterocycles. The summed E-state index contributed by atoms with van der Waals surface area (Å²) in [5, 5.41) is 22.1. The second kappa shape index (κ2) is 9.74. The normalized spacial score (nSPS) is 8.08. The van der Waals surface area contributed by atoms with Crippen molar-refractivity contribution in [3.63, 3.8) is 0 Å². The Morgan fingerprint density at radius 3 is 1.75 bits per heavy atom. The minimum absolute atomic E-state index is 0.327. The molecule has 0 spiro atoms. The van der Waals surface area contributed by atoms with E-state index in [4.69, 9.17) is 20.1 Å². The predicted molar refractivity (Wildman–Crippen MR) is 42.4 cm³/mol. The molecule has 0 aromatic heterocycles. The predicted octanol–water partition coefficient (Wildman–Crippen LogP) is 1.87. The van der Waals surface area contributed by atoms with Gasteiger partial charge in [-0.05, 0) is 6.42 Å². The van der Waals surface area contributed by atoms with E-state index in [1.165, 1.54) is 0 Å². The van der Waals surface area contributed by atoms with Crippen LogP contribution in [-0.4, -0.2) is 27.4 Å². The van der Waals surface area contributed by atoms with E-state index in [2.05, 4.69) is 6.92 Å². The SMILES string of the molecule is CCCCCC(=O)O.O=C(O)O. The van der Waals surface area contributed by atoms with Crippen LogP contribution in [0.25, 0.3) is 0 Å². The fourth-order valence-corrected chi connectivity index (χ4v) is 0.526. The molecule has 0 aliphatic carbocycles. The van der Waals surface area contributed by atoms with Crippen molar-refractivity contribution in [2.24, 2.45) is 0 Å². The monoisotopic (exact) mass is 178 g/mol. The molecule has 0 aromatic carbocycles. The molecule has 0 unspecified atom stereocenters. The summed E-state index contributed by atoms with van der Waals surface area (Å²) in [4.78, 5) is 18.4. The van der Waals surface area contributed by atoms with Crippen LogP contribution in [0.1, 0.15) is 32.6 Å². The van der Waals surface area contributed by atoms with Crippen LogP contribution >= 0.6 is 0 Å². The molecule has 0 heterocycles. The zero-order chi connectivity index (χ0) is 9.98. The van der Waals surface area contributed by atoms with Crippen LogP contribution in [0.2, 0.25) is 0 Å². The molecule has 0 bridgehead atoms. The molecule has 0 amide bonds. The summed E-state index contributed by atoms with van der Waals surface area (Å²) in [6.45, 7) is 2.06. The summed E-state index contributed by atoms with van der Waals surface area (Å²) in [5.41, 5.74) is 0. The summed E-state index contributed by atoms with van der Waals surface area (Å²) < 4.78 is 0. The first-order chi connectivity index (χ1) is 5.50. The van der Waals surface area contributed by atoms with Gasteiger partial charge in [0, 0.05) is 6.42 Å². The Morgan fingerprint density at radius 2 is 1.50 bits per heavy atom. The third-order valence-electron chi connectivity index (χ3n) is 0.994. The maximum absolute atomic E-state index is 9.87. The van der Waals surface area contributed by atoms with Crippen LogP contribution in [0.5, 0.6) is 0 Å². The molecule has 0 aromatic rings. The largest absolute Gasteiger partial charge is 0.503 e. The van der Waals surface area contributed by atoms with Crippen molar-refractivity contribution in [3.8, 4) is 0 Å². The summed E-state index contributed by atoms with van der Waals surface area (Å²) in [6.07, 6.45) is 1.44. The third-order valence-corrected chi connectivity index (χ3v) is 0.994. The number of aliphatic carboxylic acids is 1. The molecule has 72 valence electrons. The summed E-state index contributed by atoms with van der Waals surface area (Å²) in [7, 11) is 0. The summed E-state index contributed by atoms with van der Waals surface area (Å²) >= 11 is 0. The standard InChI is InChI=1S/C6H12O2.CH2O3/c1-2-3-4-5-6(7)8;2-1(3)4/h2-5H2,1H3,(H,7,8);(H2,2,3,4). The average molecular weight is 178 g/mol. The molecule has 3 N–H and O–H groups in total. The van der Waals surface area contributed by atoms with Gasteiger partial charge >= 0.3 is 12.1 Å². The molecule has 5 nitrogen and oxygen atoms in total. The van der Waals surface area contributed by atoms with Crippen molar-refractivity contribution in [3.05, 3.63) is 0 Å². The van der Waals surface area contributed by atoms with Gasteiger partial charge in [-0.15, -0.1) is 0 Å². The van der Waals surface area contributed by atoms with Crippen molar-refractivity contribution >= 4 is 12.1 Å². The zero-order valence-electron chi connectivity index (χ0n) is 6.99. The summed E-state index contributed by atoms with van der Waals surface area (Å²) in [5.74, 6) is -0.682. The van der Waals surface area contributed by atoms with E-state index < -0.39 is 12.1 Å². The molecule has 0 radical (unpaired) electrons. The first kappa shape index (κ1) is 13.3. The number of hydrogen-bond acceptors (Lipinski definition) is 2. The minimum Gasteiger partial charge on any atom is -0.481 e. The van der Waals surface area contributed by atoms with Crippen molar-refractivity contribution in [2.75, 3.05) is 0 Å². The van der Waals surface area contributed by atoms with Gasteiger partial charge in [-0.25, -0.2) is 4.79 Å². The van der Waals surface area contributed by atoms with E-state index in [1.54, 1.807) is 0 Å². The lowest BCUT2D eigenvalue weighted by molar-refractivity contribution is -0.137. The molecule has 0 atom stereocenters. The number of carboxylic acids is 1. The Kier molecular flexibility index (Phi) is 10.8. The highest BCUT2D eigenvalue weighted by Gasteiger charge is 1.92. The highest BCUT2D eigenvalue weighted by molar-refractivity contribution is 5.66. The Hall–Kier alpha value is -1.26. The van der Waals surface area contributed by atoms with Gasteiger partial charge in [0.05, 0.1) is 0 Å². The van der Waals surface area contributed by atoms with Crippen molar-refractivity contribution < 1.29 is 24.9 Å². The highest BCUT2D eigenvalue weighted by Crippen LogP contribution is 1.97. The molecular weight excluding hydrogens is 164 g/mol. The van der Waals surface area contributed by atoms with Crippen molar-refractivity contribution in [2.45, 2.75) is 32.6 Å². The lowest BCUT2D eigenvalue weighted by atomic mass is 10.2. The van der Waals surface area contributed by atoms with Gasteiger partial charge in [-0.1, -0.05) is 19.8 Å². The highest BCUT2D eigenvalue weighted by atomic mass is 16.6. The van der Waals surface area contributed by atoms with Gasteiger partial charge in [-0.3, -0.25) is 4.79 Å². The Morgan fingerprint density at radius 1 is 1.08 bits per heavy atom. The Balaban J connectivity index is 0. The lowest BCUT2D eigenvalue weighted by Crippen LogP contribution is -1.92. The number of carboxylic acid groups (broad SMARTS) is 3. The molecule has 0 fully saturated rings. The van der Waals surface area contributed by atoms with E-state index in [9.17, 15) is 4.79 Å². The molecule has 0 aliphatic heterocycles. The Labute approximate surface area is 70.6 Å². The molecule has 12 heavy (non-hydrogen) atoms. The maximum Gasteiger partial charge on any atom is 0.503 e. The summed E-state index contributed by atoms with van der Waals surface area (Å²) in [6, 6.07) is 0. The van der Waals surface area contributed by atoms with Gasteiger partial charge < -0.3 is 15.3 Å². The van der Waals surface area contributed by atoms with Gasteiger partial charge in [0.25, 0.3) is 0 Å². The van der Waals surface area contributed by atoms with E-state index in [0.717, 1.165) is 19.3 Å². The number of rotatable bonds is 4. The van der Waals surface area contributed by atoms with Crippen LogP contribution in [0.4, 0.5) is 4.79 Å². The topological polar surface area (TPSA) is 94.8 Å². The van der Waals surface area contributed by atoms with Gasteiger partial charge in [0.1, 0.15) is 0 Å². The van der Waals surface area contributed by atoms with Crippen LogP contribution in [0, 0.1) is 0 Å². The van der Waals surface area contributed by atoms with Gasteiger partial charge in [-0.2, -0.15) is 0 Å². The molecular formula is C7H14O5. The van der Waals surface area contributed by atoms with Crippen molar-refractivity contribution in [1.29, 1.82) is 0 Å². The minimum atomic E-state index is -1.83.